The fourth-order valence-electron chi connectivity index (χ4n) is 4.89. The number of piperidine rings is 1. The van der Waals surface area contributed by atoms with Crippen molar-refractivity contribution in [3.05, 3.63) is 0 Å². The van der Waals surface area contributed by atoms with Gasteiger partial charge in [0.1, 0.15) is 0 Å². The summed E-state index contributed by atoms with van der Waals surface area (Å²) in [5.74, 6) is 1.43. The predicted molar refractivity (Wildman–Crippen MR) is 81.4 cm³/mol. The Morgan fingerprint density at radius 2 is 1.85 bits per heavy atom. The maximum absolute atomic E-state index is 12.1. The molecule has 2 N–H and O–H groups in total. The van der Waals surface area contributed by atoms with Crippen LogP contribution in [0, 0.1) is 5.92 Å². The van der Waals surface area contributed by atoms with Gasteiger partial charge in [0.25, 0.3) is 0 Å². The van der Waals surface area contributed by atoms with Crippen molar-refractivity contribution in [2.45, 2.75) is 62.9 Å². The molecule has 3 rings (SSSR count). The third-order valence-electron chi connectivity index (χ3n) is 5.82. The molecule has 0 amide bonds. The van der Waals surface area contributed by atoms with Crippen molar-refractivity contribution in [1.29, 1.82) is 0 Å². The fourth-order valence-corrected chi connectivity index (χ4v) is 6.87. The highest BCUT2D eigenvalue weighted by molar-refractivity contribution is 7.91. The van der Waals surface area contributed by atoms with Crippen molar-refractivity contribution in [3.8, 4) is 0 Å². The summed E-state index contributed by atoms with van der Waals surface area (Å²) in [5.41, 5.74) is 5.84. The van der Waals surface area contributed by atoms with E-state index in [0.717, 1.165) is 25.3 Å². The number of sulfone groups is 1. The van der Waals surface area contributed by atoms with Crippen LogP contribution in [0.15, 0.2) is 0 Å². The van der Waals surface area contributed by atoms with E-state index < -0.39 is 9.84 Å². The molecule has 0 aromatic carbocycles. The van der Waals surface area contributed by atoms with Crippen LogP contribution in [0.5, 0.6) is 0 Å². The van der Waals surface area contributed by atoms with Gasteiger partial charge in [0.05, 0.1) is 11.5 Å². The molecule has 3 fully saturated rings. The van der Waals surface area contributed by atoms with Gasteiger partial charge >= 0.3 is 0 Å². The van der Waals surface area contributed by atoms with E-state index >= 15 is 0 Å². The summed E-state index contributed by atoms with van der Waals surface area (Å²) in [6.45, 7) is 1.54. The Labute approximate surface area is 123 Å². The Hall–Kier alpha value is -0.130. The van der Waals surface area contributed by atoms with Crippen LogP contribution in [0.25, 0.3) is 0 Å². The molecular formula is C15H28N2O2S. The minimum absolute atomic E-state index is 0.266. The number of rotatable bonds is 2. The van der Waals surface area contributed by atoms with Crippen LogP contribution in [0.4, 0.5) is 0 Å². The first-order valence-electron chi connectivity index (χ1n) is 8.24. The van der Waals surface area contributed by atoms with E-state index in [-0.39, 0.29) is 5.54 Å². The Morgan fingerprint density at radius 3 is 2.60 bits per heavy atom. The van der Waals surface area contributed by atoms with Gasteiger partial charge in [0, 0.05) is 18.1 Å². The van der Waals surface area contributed by atoms with Gasteiger partial charge in [-0.3, -0.25) is 4.90 Å². The zero-order valence-corrected chi connectivity index (χ0v) is 13.2. The lowest BCUT2D eigenvalue weighted by Crippen LogP contribution is -2.66. The lowest BCUT2D eigenvalue weighted by molar-refractivity contribution is -0.0212. The van der Waals surface area contributed by atoms with Crippen LogP contribution >= 0.6 is 0 Å². The van der Waals surface area contributed by atoms with E-state index in [1.165, 1.54) is 38.5 Å². The lowest BCUT2D eigenvalue weighted by atomic mass is 9.75. The molecule has 3 atom stereocenters. The molecule has 0 bridgehead atoms. The van der Waals surface area contributed by atoms with Crippen LogP contribution in [-0.4, -0.2) is 49.5 Å². The summed E-state index contributed by atoms with van der Waals surface area (Å²) in [6, 6.07) is 0.592. The molecule has 0 aromatic heterocycles. The van der Waals surface area contributed by atoms with Gasteiger partial charge in [-0.05, 0) is 51.0 Å². The largest absolute Gasteiger partial charge is 0.329 e. The second-order valence-electron chi connectivity index (χ2n) is 7.07. The summed E-state index contributed by atoms with van der Waals surface area (Å²) in [7, 11) is -2.91. The highest BCUT2D eigenvalue weighted by Gasteiger charge is 2.48. The van der Waals surface area contributed by atoms with Crippen molar-refractivity contribution in [2.24, 2.45) is 11.7 Å². The number of fused-ring (bicyclic) bond motifs is 1. The standard InChI is InChI=1S/C15H28N2O2S/c16-11-15(8-4-10-20(18,19)12-15)17-9-3-6-13-5-1-2-7-14(13)17/h13-14H,1-12,16H2. The molecule has 4 nitrogen and oxygen atoms in total. The maximum Gasteiger partial charge on any atom is 0.152 e. The molecule has 5 heteroatoms. The highest BCUT2D eigenvalue weighted by Crippen LogP contribution is 2.41. The molecular weight excluding hydrogens is 272 g/mol. The minimum atomic E-state index is -2.91. The zero-order chi connectivity index (χ0) is 14.2. The average Bonchev–Trinajstić information content (AvgIpc) is 2.45. The maximum atomic E-state index is 12.1. The predicted octanol–water partition coefficient (Wildman–Crippen LogP) is 1.55. The van der Waals surface area contributed by atoms with Crippen molar-refractivity contribution in [3.63, 3.8) is 0 Å². The SMILES string of the molecule is NCC1(N2CCCC3CCCCC32)CCCS(=O)(=O)C1. The smallest absolute Gasteiger partial charge is 0.152 e. The fraction of sp³-hybridized carbons (Fsp3) is 1.00. The van der Waals surface area contributed by atoms with Gasteiger partial charge in [0.2, 0.25) is 0 Å². The molecule has 0 aromatic rings. The molecule has 3 unspecified atom stereocenters. The molecule has 2 heterocycles. The van der Waals surface area contributed by atoms with Gasteiger partial charge in [0.15, 0.2) is 9.84 Å². The number of nitrogens with two attached hydrogens (primary N) is 1. The van der Waals surface area contributed by atoms with Gasteiger partial charge in [-0.25, -0.2) is 8.42 Å². The highest BCUT2D eigenvalue weighted by atomic mass is 32.2. The second kappa shape index (κ2) is 5.58. The van der Waals surface area contributed by atoms with Crippen LogP contribution in [0.3, 0.4) is 0 Å². The van der Waals surface area contributed by atoms with Gasteiger partial charge < -0.3 is 5.73 Å². The van der Waals surface area contributed by atoms with E-state index in [4.69, 9.17) is 5.73 Å². The van der Waals surface area contributed by atoms with E-state index in [1.807, 2.05) is 0 Å². The quantitative estimate of drug-likeness (QED) is 0.840. The molecule has 116 valence electrons. The summed E-state index contributed by atoms with van der Waals surface area (Å²) < 4.78 is 24.3. The average molecular weight is 300 g/mol. The summed E-state index contributed by atoms with van der Waals surface area (Å²) in [5, 5.41) is 0. The van der Waals surface area contributed by atoms with Crippen molar-refractivity contribution >= 4 is 9.84 Å². The molecule has 0 radical (unpaired) electrons. The van der Waals surface area contributed by atoms with E-state index in [0.29, 0.717) is 24.1 Å². The van der Waals surface area contributed by atoms with Crippen LogP contribution in [-0.2, 0) is 9.84 Å². The number of nitrogens with zero attached hydrogens (tertiary/aromatic N) is 1. The first-order chi connectivity index (χ1) is 9.56. The molecule has 2 aliphatic heterocycles. The Kier molecular flexibility index (Phi) is 4.13. The topological polar surface area (TPSA) is 63.4 Å². The Morgan fingerprint density at radius 1 is 1.10 bits per heavy atom. The Balaban J connectivity index is 1.87. The molecule has 3 aliphatic rings. The summed E-state index contributed by atoms with van der Waals surface area (Å²) in [6.07, 6.45) is 9.51. The normalized spacial score (nSPS) is 42.0. The third-order valence-corrected chi connectivity index (χ3v) is 7.71. The van der Waals surface area contributed by atoms with Crippen LogP contribution in [0.2, 0.25) is 0 Å². The molecule has 0 spiro atoms. The zero-order valence-electron chi connectivity index (χ0n) is 12.4. The van der Waals surface area contributed by atoms with Gasteiger partial charge in [-0.1, -0.05) is 12.8 Å². The van der Waals surface area contributed by atoms with E-state index in [2.05, 4.69) is 4.90 Å². The molecule has 1 aliphatic carbocycles. The first kappa shape index (κ1) is 14.8. The third kappa shape index (κ3) is 2.64. The van der Waals surface area contributed by atoms with Crippen LogP contribution < -0.4 is 5.73 Å². The summed E-state index contributed by atoms with van der Waals surface area (Å²) >= 11 is 0. The van der Waals surface area contributed by atoms with Crippen molar-refractivity contribution < 1.29 is 8.42 Å². The van der Waals surface area contributed by atoms with Crippen molar-refractivity contribution in [1.82, 2.24) is 4.90 Å². The number of likely N-dealkylation sites (tertiary alicyclic amines) is 1. The lowest BCUT2D eigenvalue weighted by Gasteiger charge is -2.54. The van der Waals surface area contributed by atoms with Crippen molar-refractivity contribution in [2.75, 3.05) is 24.6 Å². The minimum Gasteiger partial charge on any atom is -0.329 e. The van der Waals surface area contributed by atoms with E-state index in [1.54, 1.807) is 0 Å². The van der Waals surface area contributed by atoms with E-state index in [9.17, 15) is 8.42 Å². The number of hydrogen-bond acceptors (Lipinski definition) is 4. The van der Waals surface area contributed by atoms with Crippen LogP contribution in [0.1, 0.15) is 51.4 Å². The number of hydrogen-bond donors (Lipinski definition) is 1. The molecule has 2 saturated heterocycles. The molecule has 20 heavy (non-hydrogen) atoms. The first-order valence-corrected chi connectivity index (χ1v) is 10.1. The summed E-state index contributed by atoms with van der Waals surface area (Å²) in [4.78, 5) is 2.54. The van der Waals surface area contributed by atoms with Gasteiger partial charge in [-0.2, -0.15) is 0 Å². The Bertz CT molecular complexity index is 449. The second-order valence-corrected chi connectivity index (χ2v) is 9.26. The van der Waals surface area contributed by atoms with Gasteiger partial charge in [-0.15, -0.1) is 0 Å². The monoisotopic (exact) mass is 300 g/mol. The molecule has 1 saturated carbocycles.